The zero-order chi connectivity index (χ0) is 5.21. The molecule has 0 amide bonds. The molecule has 7 heavy (non-hydrogen) atoms. The van der Waals surface area contributed by atoms with Crippen LogP contribution in [-0.2, 0) is 14.5 Å². The Balaban J connectivity index is 0. The van der Waals surface area contributed by atoms with Gasteiger partial charge in [-0.3, -0.25) is 4.18 Å². The maximum atomic E-state index is 9.56. The van der Waals surface area contributed by atoms with Gasteiger partial charge in [-0.2, -0.15) is 8.42 Å². The van der Waals surface area contributed by atoms with E-state index in [2.05, 4.69) is 9.32 Å². The van der Waals surface area contributed by atoms with Gasteiger partial charge >= 0.3 is 39.9 Å². The van der Waals surface area contributed by atoms with E-state index in [1.54, 1.807) is 0 Å². The Labute approximate surface area is 64.6 Å². The zero-order valence-electron chi connectivity index (χ0n) is 3.21. The molecule has 0 aromatic rings. The van der Waals surface area contributed by atoms with Crippen molar-refractivity contribution in [3.05, 3.63) is 0 Å². The Morgan fingerprint density at radius 2 is 1.71 bits per heavy atom. The second-order valence-electron chi connectivity index (χ2n) is 0.659. The van der Waals surface area contributed by atoms with E-state index in [0.717, 1.165) is 7.11 Å². The van der Waals surface area contributed by atoms with Crippen molar-refractivity contribution in [2.24, 2.45) is 5.14 Å². The van der Waals surface area contributed by atoms with Crippen molar-refractivity contribution in [2.75, 3.05) is 7.11 Å². The normalized spacial score (nSPS) is 10.0. The monoisotopic (exact) mass is 135 g/mol. The van der Waals surface area contributed by atoms with E-state index in [4.69, 9.17) is 0 Å². The van der Waals surface area contributed by atoms with Crippen LogP contribution in [0.3, 0.4) is 0 Å². The van der Waals surface area contributed by atoms with Crippen molar-refractivity contribution in [1.82, 2.24) is 0 Å². The van der Waals surface area contributed by atoms with Gasteiger partial charge in [0.1, 0.15) is 0 Å². The first-order valence-corrected chi connectivity index (χ1v) is 2.62. The number of nitrogens with two attached hydrogens (primary N) is 1. The first-order chi connectivity index (χ1) is 2.56. The Morgan fingerprint density at radius 1 is 1.57 bits per heavy atom. The van der Waals surface area contributed by atoms with Gasteiger partial charge in [-0.25, -0.2) is 5.14 Å². The molecule has 0 atom stereocenters. The molecule has 0 saturated heterocycles. The van der Waals surface area contributed by atoms with Crippen molar-refractivity contribution in [1.29, 1.82) is 0 Å². The van der Waals surface area contributed by atoms with Gasteiger partial charge in [-0.15, -0.1) is 0 Å². The van der Waals surface area contributed by atoms with Crippen LogP contribution in [0.1, 0.15) is 0 Å². The second-order valence-corrected chi connectivity index (χ2v) is 1.98. The first-order valence-electron chi connectivity index (χ1n) is 1.14. The summed E-state index contributed by atoms with van der Waals surface area (Å²) in [5.74, 6) is 0. The van der Waals surface area contributed by atoms with E-state index in [-0.39, 0.29) is 29.6 Å². The van der Waals surface area contributed by atoms with E-state index in [1.807, 2.05) is 0 Å². The van der Waals surface area contributed by atoms with E-state index >= 15 is 0 Å². The molecule has 0 fully saturated rings. The van der Waals surface area contributed by atoms with Crippen LogP contribution in [0.4, 0.5) is 0 Å². The maximum absolute atomic E-state index is 9.56. The standard InChI is InChI=1S/CH5NO3S.Na.H/c1-5-6(2,3)4;;/h1H3,(H2,2,3,4);;. The fourth-order valence-electron chi connectivity index (χ4n) is 0. The van der Waals surface area contributed by atoms with Crippen molar-refractivity contribution in [3.63, 3.8) is 0 Å². The van der Waals surface area contributed by atoms with E-state index in [0.29, 0.717) is 0 Å². The molecule has 0 aliphatic carbocycles. The Kier molecular flexibility index (Phi) is 5.89. The predicted molar refractivity (Wildman–Crippen MR) is 27.3 cm³/mol. The fraction of sp³-hybridized carbons (Fsp3) is 1.00. The summed E-state index contributed by atoms with van der Waals surface area (Å²) in [6, 6.07) is 0. The van der Waals surface area contributed by atoms with Crippen molar-refractivity contribution in [3.8, 4) is 0 Å². The molecule has 0 aliphatic rings. The SMILES string of the molecule is COS(N)(=O)=O.[NaH]. The van der Waals surface area contributed by atoms with Crippen LogP contribution in [0.5, 0.6) is 0 Å². The van der Waals surface area contributed by atoms with Gasteiger partial charge in [0.2, 0.25) is 0 Å². The van der Waals surface area contributed by atoms with Crippen LogP contribution in [-0.4, -0.2) is 45.1 Å². The van der Waals surface area contributed by atoms with Crippen molar-refractivity contribution >= 4 is 39.9 Å². The molecule has 6 heteroatoms. The van der Waals surface area contributed by atoms with Crippen LogP contribution in [0, 0.1) is 0 Å². The molecule has 0 rings (SSSR count). The first kappa shape index (κ1) is 10.8. The Hall–Kier alpha value is 0.870. The van der Waals surface area contributed by atoms with Crippen molar-refractivity contribution < 1.29 is 12.6 Å². The number of rotatable bonds is 1. The van der Waals surface area contributed by atoms with Crippen molar-refractivity contribution in [2.45, 2.75) is 0 Å². The van der Waals surface area contributed by atoms with Gasteiger partial charge in [-0.05, 0) is 0 Å². The van der Waals surface area contributed by atoms with E-state index in [1.165, 1.54) is 0 Å². The van der Waals surface area contributed by atoms with Gasteiger partial charge < -0.3 is 0 Å². The Morgan fingerprint density at radius 3 is 1.71 bits per heavy atom. The third-order valence-electron chi connectivity index (χ3n) is 0.232. The molecule has 0 aromatic heterocycles. The molecule has 0 aromatic carbocycles. The van der Waals surface area contributed by atoms with Gasteiger partial charge in [0.05, 0.1) is 7.11 Å². The summed E-state index contributed by atoms with van der Waals surface area (Å²) >= 11 is 0. The topological polar surface area (TPSA) is 69.4 Å². The number of hydrogen-bond donors (Lipinski definition) is 1. The van der Waals surface area contributed by atoms with Crippen LogP contribution in [0.25, 0.3) is 0 Å². The minimum atomic E-state index is -3.66. The summed E-state index contributed by atoms with van der Waals surface area (Å²) in [7, 11) is -2.67. The van der Waals surface area contributed by atoms with Crippen LogP contribution in [0.2, 0.25) is 0 Å². The predicted octanol–water partition coefficient (Wildman–Crippen LogP) is -1.81. The molecule has 40 valence electrons. The van der Waals surface area contributed by atoms with Gasteiger partial charge in [-0.1, -0.05) is 0 Å². The number of hydrogen-bond acceptors (Lipinski definition) is 3. The van der Waals surface area contributed by atoms with Gasteiger partial charge in [0.25, 0.3) is 0 Å². The molecule has 0 heterocycles. The van der Waals surface area contributed by atoms with Crippen LogP contribution in [0.15, 0.2) is 0 Å². The van der Waals surface area contributed by atoms with Crippen LogP contribution >= 0.6 is 0 Å². The summed E-state index contributed by atoms with van der Waals surface area (Å²) in [5, 5.41) is 4.28. The molecule has 0 aliphatic heterocycles. The third kappa shape index (κ3) is 10.9. The average molecular weight is 135 g/mol. The third-order valence-corrected chi connectivity index (χ3v) is 0.697. The molecular formula is CH6NNaO3S. The summed E-state index contributed by atoms with van der Waals surface area (Å²) in [4.78, 5) is 0. The molecule has 2 N–H and O–H groups in total. The van der Waals surface area contributed by atoms with Gasteiger partial charge in [0.15, 0.2) is 0 Å². The molecule has 0 saturated carbocycles. The fourth-order valence-corrected chi connectivity index (χ4v) is 0. The van der Waals surface area contributed by atoms with E-state index < -0.39 is 10.3 Å². The molecule has 0 spiro atoms. The molecule has 4 nitrogen and oxygen atoms in total. The molecule has 0 radical (unpaired) electrons. The zero-order valence-corrected chi connectivity index (χ0v) is 4.03. The Bertz CT molecular complexity index is 117. The quantitative estimate of drug-likeness (QED) is 0.431. The molecule has 0 bridgehead atoms. The average Bonchev–Trinajstić information content (AvgIpc) is 1.35. The summed E-state index contributed by atoms with van der Waals surface area (Å²) < 4.78 is 22.8. The van der Waals surface area contributed by atoms with Crippen LogP contribution < -0.4 is 5.14 Å². The van der Waals surface area contributed by atoms with Gasteiger partial charge in [0, 0.05) is 0 Å². The summed E-state index contributed by atoms with van der Waals surface area (Å²) in [5.41, 5.74) is 0. The second kappa shape index (κ2) is 3.82. The van der Waals surface area contributed by atoms with E-state index in [9.17, 15) is 8.42 Å². The summed E-state index contributed by atoms with van der Waals surface area (Å²) in [6.45, 7) is 0. The molecule has 0 unspecified atom stereocenters. The minimum absolute atomic E-state index is 0. The summed E-state index contributed by atoms with van der Waals surface area (Å²) in [6.07, 6.45) is 0. The molecular weight excluding hydrogens is 129 g/mol.